The van der Waals surface area contributed by atoms with E-state index >= 15 is 0 Å². The maximum absolute atomic E-state index is 13.6. The first-order chi connectivity index (χ1) is 21.9. The Morgan fingerprint density at radius 3 is 2.65 bits per heavy atom. The molecule has 2 aromatic heterocycles. The average Bonchev–Trinajstić information content (AvgIpc) is 3.52. The third kappa shape index (κ3) is 7.57. The molecule has 0 unspecified atom stereocenters. The molecule has 1 saturated heterocycles. The Labute approximate surface area is 266 Å². The second-order valence-electron chi connectivity index (χ2n) is 12.3. The summed E-state index contributed by atoms with van der Waals surface area (Å²) in [5.41, 5.74) is 3.74. The van der Waals surface area contributed by atoms with Crippen molar-refractivity contribution in [1.82, 2.24) is 41.0 Å². The molecule has 0 saturated carbocycles. The van der Waals surface area contributed by atoms with Crippen molar-refractivity contribution in [3.05, 3.63) is 59.7 Å². The van der Waals surface area contributed by atoms with Crippen LogP contribution in [-0.2, 0) is 37.1 Å². The van der Waals surface area contributed by atoms with E-state index in [1.54, 1.807) is 52.2 Å². The Morgan fingerprint density at radius 1 is 1.09 bits per heavy atom. The van der Waals surface area contributed by atoms with Gasteiger partial charge >= 0.3 is 5.97 Å². The van der Waals surface area contributed by atoms with Crippen molar-refractivity contribution in [2.75, 3.05) is 6.54 Å². The topological polar surface area (TPSA) is 181 Å². The van der Waals surface area contributed by atoms with E-state index in [4.69, 9.17) is 4.74 Å². The summed E-state index contributed by atoms with van der Waals surface area (Å²) < 4.78 is 7.29. The number of hydrogen-bond donors (Lipinski definition) is 4. The molecule has 0 aliphatic carbocycles. The first-order valence-electron chi connectivity index (χ1n) is 15.4. The van der Waals surface area contributed by atoms with Gasteiger partial charge in [0, 0.05) is 24.7 Å². The lowest BCUT2D eigenvalue weighted by Crippen LogP contribution is -2.60. The number of rotatable bonds is 4. The van der Waals surface area contributed by atoms with Crippen LogP contribution < -0.4 is 16.1 Å². The molecule has 5 bridgehead atoms. The molecule has 0 spiro atoms. The van der Waals surface area contributed by atoms with E-state index in [0.29, 0.717) is 30.8 Å². The second-order valence-corrected chi connectivity index (χ2v) is 12.3. The van der Waals surface area contributed by atoms with Crippen LogP contribution in [0.2, 0.25) is 0 Å². The van der Waals surface area contributed by atoms with Gasteiger partial charge in [-0.2, -0.15) is 0 Å². The molecule has 244 valence electrons. The fourth-order valence-corrected chi connectivity index (χ4v) is 5.33. The van der Waals surface area contributed by atoms with Crippen molar-refractivity contribution in [2.24, 2.45) is 5.41 Å². The molecule has 0 radical (unpaired) electrons. The molecule has 4 N–H and O–H groups in total. The zero-order valence-corrected chi connectivity index (χ0v) is 26.4. The van der Waals surface area contributed by atoms with Crippen LogP contribution in [0.15, 0.2) is 42.7 Å². The van der Waals surface area contributed by atoms with Crippen LogP contribution >= 0.6 is 0 Å². The van der Waals surface area contributed by atoms with Gasteiger partial charge in [-0.25, -0.2) is 5.43 Å². The molecule has 1 aromatic carbocycles. The zero-order valence-electron chi connectivity index (χ0n) is 26.4. The number of fused-ring (bicyclic) bond motifs is 4. The highest BCUT2D eigenvalue weighted by Gasteiger charge is 2.34. The number of aromatic nitrogens is 4. The van der Waals surface area contributed by atoms with Crippen LogP contribution in [0.1, 0.15) is 70.0 Å². The van der Waals surface area contributed by atoms with Gasteiger partial charge in [-0.05, 0) is 76.1 Å². The molecule has 1 fully saturated rings. The molecule has 2 aliphatic rings. The monoisotopic (exact) mass is 632 g/mol. The van der Waals surface area contributed by atoms with E-state index in [2.05, 4.69) is 31.4 Å². The summed E-state index contributed by atoms with van der Waals surface area (Å²) in [4.78, 5) is 58.2. The first kappa shape index (κ1) is 32.7. The van der Waals surface area contributed by atoms with Crippen LogP contribution in [0, 0.1) is 5.41 Å². The van der Waals surface area contributed by atoms with E-state index in [1.807, 2.05) is 24.3 Å². The molecular formula is C32H40N8O6. The number of amides is 3. The molecule has 14 heteroatoms. The van der Waals surface area contributed by atoms with Crippen molar-refractivity contribution in [3.8, 4) is 0 Å². The van der Waals surface area contributed by atoms with Crippen molar-refractivity contribution in [2.45, 2.75) is 84.3 Å². The smallest absolute Gasteiger partial charge is 0.325 e. The number of ether oxygens (including phenoxy) is 1. The summed E-state index contributed by atoms with van der Waals surface area (Å²) in [6, 6.07) is 4.91. The Balaban J connectivity index is 1.46. The van der Waals surface area contributed by atoms with E-state index in [1.165, 1.54) is 9.69 Å². The molecule has 14 nitrogen and oxygen atoms in total. The van der Waals surface area contributed by atoms with Crippen molar-refractivity contribution in [3.63, 3.8) is 0 Å². The molecular weight excluding hydrogens is 592 g/mol. The molecule has 46 heavy (non-hydrogen) atoms. The van der Waals surface area contributed by atoms with E-state index in [0.717, 1.165) is 16.3 Å². The van der Waals surface area contributed by atoms with Crippen molar-refractivity contribution < 1.29 is 29.0 Å². The Morgan fingerprint density at radius 2 is 1.89 bits per heavy atom. The summed E-state index contributed by atoms with van der Waals surface area (Å²) in [5, 5.41) is 25.8. The number of aryl methyl sites for hydroxylation is 1. The number of aliphatic hydroxyl groups is 1. The molecule has 5 rings (SSSR count). The van der Waals surface area contributed by atoms with Gasteiger partial charge in [-0.1, -0.05) is 23.4 Å². The number of aliphatic hydroxyl groups excluding tert-OH is 1. The van der Waals surface area contributed by atoms with Crippen LogP contribution in [0.4, 0.5) is 0 Å². The number of cyclic esters (lactones) is 1. The minimum atomic E-state index is -1.04. The van der Waals surface area contributed by atoms with Crippen LogP contribution in [0.3, 0.4) is 0 Å². The molecule has 4 heterocycles. The van der Waals surface area contributed by atoms with Gasteiger partial charge < -0.3 is 20.5 Å². The van der Waals surface area contributed by atoms with E-state index in [9.17, 15) is 24.3 Å². The highest BCUT2D eigenvalue weighted by atomic mass is 16.5. The lowest BCUT2D eigenvalue weighted by Gasteiger charge is -2.35. The van der Waals surface area contributed by atoms with Crippen molar-refractivity contribution >= 4 is 40.5 Å². The average molecular weight is 633 g/mol. The number of carbonyl (C=O) groups is 4. The number of pyridine rings is 1. The van der Waals surface area contributed by atoms with Crippen LogP contribution in [0.5, 0.6) is 0 Å². The van der Waals surface area contributed by atoms with Crippen LogP contribution in [0.25, 0.3) is 16.8 Å². The molecule has 3 aromatic rings. The molecule has 4 atom stereocenters. The minimum absolute atomic E-state index is 0.134. The third-order valence-electron chi connectivity index (χ3n) is 8.27. The largest absolute Gasteiger partial charge is 0.457 e. The quantitative estimate of drug-likeness (QED) is 0.308. The summed E-state index contributed by atoms with van der Waals surface area (Å²) in [6.07, 6.45) is 7.40. The molecule has 3 amide bonds. The standard InChI is InChI=1S/C32H40N8O6/c1-19-29(43)40-12-5-6-27(37-40)30(44)46-20(2)21-7-8-22-16-33-24(15-23(22)14-21)9-11-32(3,4)31(45)35-26(28(42)34-19)10-13-39-17-25(18-41)36-38-39/h7-9,11,14-17,19-20,26-27,37,41H,5-6,10,12-13,18H2,1-4H3,(H,34,42)(H,35,45)/b11-9+/t19-,20+,26-,27-/m0/s1. The number of esters is 1. The number of benzene rings is 1. The van der Waals surface area contributed by atoms with Gasteiger partial charge in [-0.3, -0.25) is 33.9 Å². The van der Waals surface area contributed by atoms with Gasteiger partial charge in [0.25, 0.3) is 5.91 Å². The summed E-state index contributed by atoms with van der Waals surface area (Å²) in [6.45, 7) is 7.08. The first-order valence-corrected chi connectivity index (χ1v) is 15.4. The van der Waals surface area contributed by atoms with Gasteiger partial charge in [0.15, 0.2) is 0 Å². The highest BCUT2D eigenvalue weighted by molar-refractivity contribution is 5.94. The van der Waals surface area contributed by atoms with E-state index < -0.39 is 53.3 Å². The minimum Gasteiger partial charge on any atom is -0.457 e. The van der Waals surface area contributed by atoms with Gasteiger partial charge in [0.05, 0.1) is 23.9 Å². The SMILES string of the molecule is C[C@@H]1NC(=O)[C@H](CCn2cc(CO)nn2)NC(=O)C(C)(C)/C=C/c2cc3cc(ccc3cn2)[C@@H](C)OC(=O)[C@@H]2CCCN(N2)C1=O. The van der Waals surface area contributed by atoms with Gasteiger partial charge in [0.2, 0.25) is 11.8 Å². The number of carbonyl (C=O) groups excluding carboxylic acids is 4. The van der Waals surface area contributed by atoms with E-state index in [-0.39, 0.29) is 19.6 Å². The maximum Gasteiger partial charge on any atom is 0.325 e. The van der Waals surface area contributed by atoms with Crippen LogP contribution in [-0.4, -0.2) is 78.5 Å². The number of nitrogens with zero attached hydrogens (tertiary/aromatic N) is 5. The number of hydrazine groups is 1. The summed E-state index contributed by atoms with van der Waals surface area (Å²) in [7, 11) is 0. The predicted molar refractivity (Wildman–Crippen MR) is 167 cm³/mol. The Bertz CT molecular complexity index is 1650. The van der Waals surface area contributed by atoms with Gasteiger partial charge in [0.1, 0.15) is 29.9 Å². The normalized spacial score (nSPS) is 25.1. The fourth-order valence-electron chi connectivity index (χ4n) is 5.33. The lowest BCUT2D eigenvalue weighted by molar-refractivity contribution is -0.157. The Hall–Kier alpha value is -4.69. The number of nitrogens with one attached hydrogen (secondary N) is 3. The number of hydrogen-bond acceptors (Lipinski definition) is 10. The maximum atomic E-state index is 13.6. The van der Waals surface area contributed by atoms with Gasteiger partial charge in [-0.15, -0.1) is 5.10 Å². The Kier molecular flexibility index (Phi) is 9.77. The second kappa shape index (κ2) is 13.7. The third-order valence-corrected chi connectivity index (χ3v) is 8.27. The molecule has 2 aliphatic heterocycles. The summed E-state index contributed by atoms with van der Waals surface area (Å²) in [5.74, 6) is -1.88. The lowest BCUT2D eigenvalue weighted by atomic mass is 9.90. The summed E-state index contributed by atoms with van der Waals surface area (Å²) >= 11 is 0. The fraction of sp³-hybridized carbons (Fsp3) is 0.469. The highest BCUT2D eigenvalue weighted by Crippen LogP contribution is 2.26. The zero-order chi connectivity index (χ0) is 33.0. The van der Waals surface area contributed by atoms with Crippen molar-refractivity contribution in [1.29, 1.82) is 0 Å². The predicted octanol–water partition coefficient (Wildman–Crippen LogP) is 1.55.